The number of aliphatic hydroxyl groups is 1. The Bertz CT molecular complexity index is 2240. The van der Waals surface area contributed by atoms with Crippen molar-refractivity contribution in [1.29, 1.82) is 0 Å². The number of aliphatic hydroxyl groups excluding tert-OH is 1. The number of fused-ring (bicyclic) bond motifs is 1. The highest BCUT2D eigenvalue weighted by atomic mass is 32.2. The quantitative estimate of drug-likeness (QED) is 0.0294. The molecule has 1 heterocycles. The highest BCUT2D eigenvalue weighted by molar-refractivity contribution is 7.92. The largest absolute Gasteiger partial charge is 0.507 e. The van der Waals surface area contributed by atoms with Crippen LogP contribution in [0.1, 0.15) is 45.8 Å². The van der Waals surface area contributed by atoms with E-state index in [0.717, 1.165) is 30.2 Å². The first-order chi connectivity index (χ1) is 29.4. The van der Waals surface area contributed by atoms with Gasteiger partial charge in [0.05, 0.1) is 103 Å². The number of carbonyl (C=O) groups is 3. The maximum absolute atomic E-state index is 13.7. The average Bonchev–Trinajstić information content (AvgIpc) is 4.02. The van der Waals surface area contributed by atoms with Gasteiger partial charge in [-0.25, -0.2) is 17.6 Å². The topological polar surface area (TPSA) is 210 Å². The number of sulfonamides is 1. The minimum atomic E-state index is -3.74. The third-order valence-electron chi connectivity index (χ3n) is 9.35. The van der Waals surface area contributed by atoms with Crippen LogP contribution < -0.4 is 9.62 Å². The molecule has 1 aliphatic rings. The van der Waals surface area contributed by atoms with Crippen LogP contribution in [0, 0.1) is 5.82 Å². The van der Waals surface area contributed by atoms with Gasteiger partial charge in [-0.2, -0.15) is 0 Å². The van der Waals surface area contributed by atoms with Gasteiger partial charge in [0.1, 0.15) is 22.9 Å². The summed E-state index contributed by atoms with van der Waals surface area (Å²) in [6.07, 6.45) is 3.55. The number of hydrogen-bond acceptors (Lipinski definition) is 13. The van der Waals surface area contributed by atoms with Crippen molar-refractivity contribution in [2.45, 2.75) is 25.4 Å². The summed E-state index contributed by atoms with van der Waals surface area (Å²) in [5.74, 6) is -3.73. The number of nitrogens with one attached hydrogen (secondary N) is 1. The number of benzene rings is 3. The zero-order valence-electron chi connectivity index (χ0n) is 34.1. The molecule has 0 saturated heterocycles. The SMILES string of the molecule is CNC(=O)c1c(-c2ccc(F)cc2)oc2cc(N(CCOCCOCCOCCOCCOCCOCc3cccc(/C(O)=C/C(=O)C(=O)O)c3)S(C)(=O)=O)c(C3CC3)cc12. The van der Waals surface area contributed by atoms with E-state index in [-0.39, 0.29) is 50.6 Å². The fraction of sp³-hybridized carbons (Fsp3) is 0.419. The second-order valence-corrected chi connectivity index (χ2v) is 15.8. The molecule has 16 nitrogen and oxygen atoms in total. The number of ether oxygens (including phenoxy) is 6. The Morgan fingerprint density at radius 2 is 1.39 bits per heavy atom. The van der Waals surface area contributed by atoms with E-state index in [1.807, 2.05) is 6.07 Å². The molecule has 3 aromatic carbocycles. The van der Waals surface area contributed by atoms with E-state index in [9.17, 15) is 32.3 Å². The molecule has 0 unspecified atom stereocenters. The van der Waals surface area contributed by atoms with Crippen LogP contribution in [-0.2, 0) is 54.6 Å². The first-order valence-corrected chi connectivity index (χ1v) is 21.5. The summed E-state index contributed by atoms with van der Waals surface area (Å²) in [4.78, 5) is 35.0. The maximum atomic E-state index is 13.7. The van der Waals surface area contributed by atoms with Crippen molar-refractivity contribution in [3.05, 3.63) is 94.8 Å². The van der Waals surface area contributed by atoms with Crippen LogP contribution >= 0.6 is 0 Å². The number of aliphatic carboxylic acids is 1. The van der Waals surface area contributed by atoms with E-state index in [4.69, 9.17) is 37.9 Å². The van der Waals surface area contributed by atoms with Crippen LogP contribution in [0.3, 0.4) is 0 Å². The van der Waals surface area contributed by atoms with E-state index < -0.39 is 33.4 Å². The number of nitrogens with zero attached hydrogens (tertiary/aromatic N) is 1. The number of furan rings is 1. The fourth-order valence-corrected chi connectivity index (χ4v) is 7.15. The van der Waals surface area contributed by atoms with E-state index in [1.165, 1.54) is 35.6 Å². The molecular weight excluding hydrogens is 820 g/mol. The Kier molecular flexibility index (Phi) is 17.8. The van der Waals surface area contributed by atoms with Crippen molar-refractivity contribution in [2.24, 2.45) is 0 Å². The Labute approximate surface area is 353 Å². The van der Waals surface area contributed by atoms with Gasteiger partial charge in [0.2, 0.25) is 10.0 Å². The standard InChI is InChI=1S/C43H51FN2O14S/c1-45-42(49)40-35-25-34(30-6-7-30)36(26-39(35)60-41(40)31-8-10-33(44)11-9-31)46(61(2,52)53)12-13-54-14-15-55-16-17-56-18-19-57-20-21-58-22-23-59-28-29-4-3-5-32(24-29)37(47)27-38(48)43(50)51/h3-5,8-11,24-27,30,47H,6-7,12-23,28H2,1-2H3,(H,45,49)(H,50,51)/b37-27-. The minimum absolute atomic E-state index is 0.0468. The van der Waals surface area contributed by atoms with Gasteiger partial charge in [0, 0.05) is 35.7 Å². The number of amides is 1. The van der Waals surface area contributed by atoms with E-state index >= 15 is 0 Å². The first-order valence-electron chi connectivity index (χ1n) is 19.7. The van der Waals surface area contributed by atoms with Gasteiger partial charge in [-0.15, -0.1) is 0 Å². The molecule has 0 spiro atoms. The zero-order chi connectivity index (χ0) is 43.8. The average molecular weight is 871 g/mol. The molecule has 330 valence electrons. The Morgan fingerprint density at radius 1 is 0.820 bits per heavy atom. The molecule has 1 saturated carbocycles. The lowest BCUT2D eigenvalue weighted by Gasteiger charge is -2.25. The van der Waals surface area contributed by atoms with Gasteiger partial charge in [0.15, 0.2) is 0 Å². The number of carbonyl (C=O) groups excluding carboxylic acids is 2. The predicted octanol–water partition coefficient (Wildman–Crippen LogP) is 5.09. The van der Waals surface area contributed by atoms with Crippen LogP contribution in [-0.4, -0.2) is 129 Å². The van der Waals surface area contributed by atoms with Crippen LogP contribution in [0.4, 0.5) is 10.1 Å². The second kappa shape index (κ2) is 23.1. The number of rotatable bonds is 28. The summed E-state index contributed by atoms with van der Waals surface area (Å²) < 4.78 is 80.8. The van der Waals surface area contributed by atoms with Crippen LogP contribution in [0.25, 0.3) is 28.1 Å². The van der Waals surface area contributed by atoms with Gasteiger partial charge in [0.25, 0.3) is 11.7 Å². The summed E-state index contributed by atoms with van der Waals surface area (Å²) in [5, 5.41) is 21.9. The van der Waals surface area contributed by atoms with Gasteiger partial charge < -0.3 is 48.4 Å². The Hall–Kier alpha value is -5.21. The van der Waals surface area contributed by atoms with E-state index in [1.54, 1.807) is 30.3 Å². The molecule has 3 N–H and O–H groups in total. The number of anilines is 1. The van der Waals surface area contributed by atoms with Gasteiger partial charge in [-0.05, 0) is 66.3 Å². The van der Waals surface area contributed by atoms with Crippen molar-refractivity contribution >= 4 is 50.1 Å². The second-order valence-electron chi connectivity index (χ2n) is 13.9. The van der Waals surface area contributed by atoms with Crippen molar-refractivity contribution in [2.75, 3.05) is 96.8 Å². The molecule has 0 aliphatic heterocycles. The number of carboxylic acids is 1. The van der Waals surface area contributed by atoms with Crippen molar-refractivity contribution in [3.8, 4) is 11.3 Å². The molecule has 18 heteroatoms. The van der Waals surface area contributed by atoms with Crippen LogP contribution in [0.5, 0.6) is 0 Å². The van der Waals surface area contributed by atoms with Crippen molar-refractivity contribution < 1.29 is 70.2 Å². The summed E-state index contributed by atoms with van der Waals surface area (Å²) >= 11 is 0. The molecule has 1 aliphatic carbocycles. The molecule has 1 fully saturated rings. The lowest BCUT2D eigenvalue weighted by atomic mass is 10.0. The van der Waals surface area contributed by atoms with E-state index in [2.05, 4.69) is 5.32 Å². The highest BCUT2D eigenvalue weighted by Gasteiger charge is 2.33. The normalized spacial score (nSPS) is 13.1. The van der Waals surface area contributed by atoms with E-state index in [0.29, 0.717) is 92.3 Å². The zero-order valence-corrected chi connectivity index (χ0v) is 34.9. The molecule has 0 bridgehead atoms. The molecule has 0 radical (unpaired) electrons. The molecule has 0 atom stereocenters. The smallest absolute Gasteiger partial charge is 0.376 e. The van der Waals surface area contributed by atoms with Crippen LogP contribution in [0.2, 0.25) is 0 Å². The number of ketones is 1. The molecule has 1 amide bonds. The number of halogens is 1. The third kappa shape index (κ3) is 14.2. The monoisotopic (exact) mass is 870 g/mol. The number of carboxylic acid groups (broad SMARTS) is 1. The highest BCUT2D eigenvalue weighted by Crippen LogP contribution is 2.48. The lowest BCUT2D eigenvalue weighted by Crippen LogP contribution is -2.34. The Morgan fingerprint density at radius 3 is 1.93 bits per heavy atom. The Balaban J connectivity index is 0.940. The summed E-state index contributed by atoms with van der Waals surface area (Å²) in [6.45, 7) is 3.70. The van der Waals surface area contributed by atoms with Crippen molar-refractivity contribution in [1.82, 2.24) is 5.32 Å². The van der Waals surface area contributed by atoms with Gasteiger partial charge in [-0.1, -0.05) is 18.2 Å². The summed E-state index contributed by atoms with van der Waals surface area (Å²) in [5.41, 5.74) is 3.42. The minimum Gasteiger partial charge on any atom is -0.507 e. The molecule has 5 rings (SSSR count). The van der Waals surface area contributed by atoms with Crippen molar-refractivity contribution in [3.63, 3.8) is 0 Å². The summed E-state index contributed by atoms with van der Waals surface area (Å²) in [6, 6.07) is 15.7. The lowest BCUT2D eigenvalue weighted by molar-refractivity contribution is -0.146. The predicted molar refractivity (Wildman–Crippen MR) is 223 cm³/mol. The van der Waals surface area contributed by atoms with Gasteiger partial charge >= 0.3 is 5.97 Å². The number of hydrogen-bond donors (Lipinski definition) is 3. The third-order valence-corrected chi connectivity index (χ3v) is 10.5. The first kappa shape index (κ1) is 46.8. The fourth-order valence-electron chi connectivity index (χ4n) is 6.23. The molecule has 4 aromatic rings. The van der Waals surface area contributed by atoms with Gasteiger partial charge in [-0.3, -0.25) is 13.9 Å². The molecule has 1 aromatic heterocycles. The van der Waals surface area contributed by atoms with Crippen LogP contribution in [0.15, 0.2) is 71.2 Å². The molecule has 61 heavy (non-hydrogen) atoms. The summed E-state index contributed by atoms with van der Waals surface area (Å²) in [7, 11) is -2.23. The maximum Gasteiger partial charge on any atom is 0.376 e. The molecular formula is C43H51FN2O14S.